The van der Waals surface area contributed by atoms with Crippen molar-refractivity contribution < 1.29 is 14.1 Å². The van der Waals surface area contributed by atoms with E-state index in [1.54, 1.807) is 6.07 Å². The molecule has 0 bridgehead atoms. The number of rotatable bonds is 5. The fourth-order valence-corrected chi connectivity index (χ4v) is 3.27. The maximum atomic E-state index is 12.6. The Balaban J connectivity index is 1.42. The zero-order chi connectivity index (χ0) is 18.1. The third kappa shape index (κ3) is 3.28. The summed E-state index contributed by atoms with van der Waals surface area (Å²) in [5.41, 5.74) is 2.97. The SMILES string of the molecule is Cc1cc(C[C@@H]2COC[C@@H]2NC(=O)c2cc(-c3cccn3C)n[nH]2)on1. The number of hydrogen-bond donors (Lipinski definition) is 2. The lowest BCUT2D eigenvalue weighted by molar-refractivity contribution is 0.0919. The van der Waals surface area contributed by atoms with Crippen LogP contribution in [0.15, 0.2) is 35.0 Å². The van der Waals surface area contributed by atoms with Gasteiger partial charge in [0.2, 0.25) is 0 Å². The van der Waals surface area contributed by atoms with Gasteiger partial charge in [0, 0.05) is 31.6 Å². The van der Waals surface area contributed by atoms with E-state index in [4.69, 9.17) is 9.26 Å². The highest BCUT2D eigenvalue weighted by molar-refractivity contribution is 5.93. The van der Waals surface area contributed by atoms with Crippen LogP contribution in [0, 0.1) is 12.8 Å². The van der Waals surface area contributed by atoms with Gasteiger partial charge in [-0.2, -0.15) is 5.10 Å². The standard InChI is InChI=1S/C18H21N5O3/c1-11-6-13(26-22-11)7-12-9-25-10-16(12)19-18(24)15-8-14(20-21-15)17-4-3-5-23(17)2/h3-6,8,12,16H,7,9-10H2,1-2H3,(H,19,24)(H,20,21)/t12-,16+/m1/s1. The number of aromatic amines is 1. The van der Waals surface area contributed by atoms with E-state index in [2.05, 4.69) is 20.7 Å². The van der Waals surface area contributed by atoms with Crippen molar-refractivity contribution in [3.63, 3.8) is 0 Å². The number of carbonyl (C=O) groups excluding carboxylic acids is 1. The molecule has 0 aromatic carbocycles. The van der Waals surface area contributed by atoms with Gasteiger partial charge < -0.3 is 19.1 Å². The number of amides is 1. The molecule has 3 aromatic heterocycles. The predicted octanol–water partition coefficient (Wildman–Crippen LogP) is 1.70. The molecule has 1 fully saturated rings. The molecule has 136 valence electrons. The first-order valence-electron chi connectivity index (χ1n) is 8.58. The summed E-state index contributed by atoms with van der Waals surface area (Å²) in [7, 11) is 1.94. The fourth-order valence-electron chi connectivity index (χ4n) is 3.27. The molecule has 4 rings (SSSR count). The molecule has 1 amide bonds. The minimum absolute atomic E-state index is 0.0744. The van der Waals surface area contributed by atoms with Gasteiger partial charge in [0.25, 0.3) is 5.91 Å². The molecule has 1 saturated heterocycles. The number of hydrogen-bond acceptors (Lipinski definition) is 5. The van der Waals surface area contributed by atoms with Crippen LogP contribution in [-0.2, 0) is 18.2 Å². The molecule has 8 nitrogen and oxygen atoms in total. The molecule has 8 heteroatoms. The van der Waals surface area contributed by atoms with E-state index in [1.807, 2.05) is 42.9 Å². The van der Waals surface area contributed by atoms with Gasteiger partial charge in [-0.1, -0.05) is 5.16 Å². The Morgan fingerprint density at radius 3 is 3.04 bits per heavy atom. The number of H-pyrrole nitrogens is 1. The number of ether oxygens (including phenoxy) is 1. The summed E-state index contributed by atoms with van der Waals surface area (Å²) in [6, 6.07) is 7.50. The average molecular weight is 355 g/mol. The Labute approximate surface area is 150 Å². The summed E-state index contributed by atoms with van der Waals surface area (Å²) < 4.78 is 12.8. The number of aromatic nitrogens is 4. The molecule has 26 heavy (non-hydrogen) atoms. The van der Waals surface area contributed by atoms with Crippen molar-refractivity contribution in [2.45, 2.75) is 19.4 Å². The third-order valence-electron chi connectivity index (χ3n) is 4.68. The lowest BCUT2D eigenvalue weighted by Gasteiger charge is -2.17. The van der Waals surface area contributed by atoms with Crippen molar-refractivity contribution in [1.82, 2.24) is 25.2 Å². The number of aryl methyl sites for hydroxylation is 2. The van der Waals surface area contributed by atoms with Crippen LogP contribution < -0.4 is 5.32 Å². The molecule has 0 saturated carbocycles. The Morgan fingerprint density at radius 2 is 2.31 bits per heavy atom. The zero-order valence-electron chi connectivity index (χ0n) is 14.7. The first kappa shape index (κ1) is 16.6. The van der Waals surface area contributed by atoms with Gasteiger partial charge in [0.15, 0.2) is 0 Å². The number of nitrogens with one attached hydrogen (secondary N) is 2. The minimum Gasteiger partial charge on any atom is -0.379 e. The van der Waals surface area contributed by atoms with E-state index >= 15 is 0 Å². The Kier molecular flexibility index (Phi) is 4.34. The highest BCUT2D eigenvalue weighted by atomic mass is 16.5. The van der Waals surface area contributed by atoms with Crippen molar-refractivity contribution in [1.29, 1.82) is 0 Å². The molecule has 0 spiro atoms. The lowest BCUT2D eigenvalue weighted by Crippen LogP contribution is -2.40. The highest BCUT2D eigenvalue weighted by Crippen LogP contribution is 2.21. The van der Waals surface area contributed by atoms with Gasteiger partial charge in [0.1, 0.15) is 17.1 Å². The van der Waals surface area contributed by atoms with Crippen LogP contribution >= 0.6 is 0 Å². The van der Waals surface area contributed by atoms with Crippen molar-refractivity contribution >= 4 is 5.91 Å². The fraction of sp³-hybridized carbons (Fsp3) is 0.389. The topological polar surface area (TPSA) is 98.0 Å². The van der Waals surface area contributed by atoms with Crippen LogP contribution in [-0.4, -0.2) is 45.1 Å². The molecule has 0 aliphatic carbocycles. The third-order valence-corrected chi connectivity index (χ3v) is 4.68. The molecular formula is C18H21N5O3. The smallest absolute Gasteiger partial charge is 0.269 e. The van der Waals surface area contributed by atoms with E-state index in [1.165, 1.54) is 0 Å². The summed E-state index contributed by atoms with van der Waals surface area (Å²) in [6.45, 7) is 2.96. The average Bonchev–Trinajstić information content (AvgIpc) is 3.37. The zero-order valence-corrected chi connectivity index (χ0v) is 14.7. The molecule has 0 radical (unpaired) electrons. The number of carbonyl (C=O) groups is 1. The van der Waals surface area contributed by atoms with E-state index in [-0.39, 0.29) is 17.9 Å². The van der Waals surface area contributed by atoms with Crippen LogP contribution in [0.25, 0.3) is 11.4 Å². The van der Waals surface area contributed by atoms with Gasteiger partial charge >= 0.3 is 0 Å². The summed E-state index contributed by atoms with van der Waals surface area (Å²) in [6.07, 6.45) is 2.62. The van der Waals surface area contributed by atoms with Crippen LogP contribution in [0.2, 0.25) is 0 Å². The molecule has 0 unspecified atom stereocenters. The van der Waals surface area contributed by atoms with E-state index in [9.17, 15) is 4.79 Å². The van der Waals surface area contributed by atoms with Crippen molar-refractivity contribution in [3.05, 3.63) is 47.6 Å². The summed E-state index contributed by atoms with van der Waals surface area (Å²) >= 11 is 0. The quantitative estimate of drug-likeness (QED) is 0.726. The summed E-state index contributed by atoms with van der Waals surface area (Å²) in [4.78, 5) is 12.6. The molecular weight excluding hydrogens is 334 g/mol. The van der Waals surface area contributed by atoms with Crippen molar-refractivity contribution in [2.75, 3.05) is 13.2 Å². The second kappa shape index (κ2) is 6.80. The number of nitrogens with zero attached hydrogens (tertiary/aromatic N) is 3. The van der Waals surface area contributed by atoms with E-state index in [0.717, 1.165) is 22.8 Å². The molecule has 3 aromatic rings. The lowest BCUT2D eigenvalue weighted by atomic mass is 9.98. The van der Waals surface area contributed by atoms with Gasteiger partial charge in [0.05, 0.1) is 30.6 Å². The maximum Gasteiger partial charge on any atom is 0.269 e. The second-order valence-electron chi connectivity index (χ2n) is 6.69. The maximum absolute atomic E-state index is 12.6. The minimum atomic E-state index is -0.188. The van der Waals surface area contributed by atoms with Crippen LogP contribution in [0.1, 0.15) is 21.9 Å². The van der Waals surface area contributed by atoms with Crippen LogP contribution in [0.4, 0.5) is 0 Å². The molecule has 4 heterocycles. The normalized spacial score (nSPS) is 19.8. The largest absolute Gasteiger partial charge is 0.379 e. The predicted molar refractivity (Wildman–Crippen MR) is 93.5 cm³/mol. The van der Waals surface area contributed by atoms with Gasteiger partial charge in [-0.15, -0.1) is 0 Å². The Morgan fingerprint density at radius 1 is 1.42 bits per heavy atom. The van der Waals surface area contributed by atoms with E-state index in [0.29, 0.717) is 25.3 Å². The summed E-state index contributed by atoms with van der Waals surface area (Å²) in [5.74, 6) is 0.776. The molecule has 2 atom stereocenters. The molecule has 1 aliphatic rings. The monoisotopic (exact) mass is 355 g/mol. The Bertz CT molecular complexity index is 909. The molecule has 1 aliphatic heterocycles. The highest BCUT2D eigenvalue weighted by Gasteiger charge is 2.31. The van der Waals surface area contributed by atoms with Gasteiger partial charge in [-0.05, 0) is 25.1 Å². The van der Waals surface area contributed by atoms with Crippen LogP contribution in [0.3, 0.4) is 0 Å². The van der Waals surface area contributed by atoms with Crippen LogP contribution in [0.5, 0.6) is 0 Å². The van der Waals surface area contributed by atoms with Gasteiger partial charge in [-0.25, -0.2) is 0 Å². The second-order valence-corrected chi connectivity index (χ2v) is 6.69. The Hall–Kier alpha value is -2.87. The first-order valence-corrected chi connectivity index (χ1v) is 8.58. The summed E-state index contributed by atoms with van der Waals surface area (Å²) in [5, 5.41) is 14.0. The molecule has 2 N–H and O–H groups in total. The van der Waals surface area contributed by atoms with Crippen molar-refractivity contribution in [2.24, 2.45) is 13.0 Å². The van der Waals surface area contributed by atoms with Crippen molar-refractivity contribution in [3.8, 4) is 11.4 Å². The van der Waals surface area contributed by atoms with E-state index < -0.39 is 0 Å². The first-order chi connectivity index (χ1) is 12.6. The van der Waals surface area contributed by atoms with Gasteiger partial charge in [-0.3, -0.25) is 9.89 Å².